The van der Waals surface area contributed by atoms with Gasteiger partial charge in [0.1, 0.15) is 5.82 Å². The lowest BCUT2D eigenvalue weighted by Gasteiger charge is -2.21. The van der Waals surface area contributed by atoms with Crippen molar-refractivity contribution in [3.8, 4) is 17.8 Å². The molecule has 1 atom stereocenters. The van der Waals surface area contributed by atoms with Crippen LogP contribution in [0, 0.1) is 28.6 Å². The van der Waals surface area contributed by atoms with Crippen molar-refractivity contribution in [3.05, 3.63) is 36.2 Å². The van der Waals surface area contributed by atoms with E-state index in [-0.39, 0.29) is 5.92 Å². The molecule has 1 aromatic carbocycles. The van der Waals surface area contributed by atoms with Crippen LogP contribution in [-0.4, -0.2) is 20.5 Å². The van der Waals surface area contributed by atoms with Gasteiger partial charge in [-0.25, -0.2) is 9.67 Å². The second-order valence-electron chi connectivity index (χ2n) is 6.67. The third kappa shape index (κ3) is 4.65. The quantitative estimate of drug-likeness (QED) is 0.655. The monoisotopic (exact) mass is 365 g/mol. The molecule has 0 saturated heterocycles. The molecule has 6 heteroatoms. The molecule has 1 aliphatic rings. The summed E-state index contributed by atoms with van der Waals surface area (Å²) in [5.74, 6) is 1.99. The number of para-hydroxylation sites is 1. The van der Waals surface area contributed by atoms with Crippen molar-refractivity contribution in [1.29, 1.82) is 10.5 Å². The second-order valence-corrected chi connectivity index (χ2v) is 7.66. The van der Waals surface area contributed by atoms with Crippen LogP contribution in [0.5, 0.6) is 0 Å². The third-order valence-electron chi connectivity index (χ3n) is 4.78. The zero-order valence-corrected chi connectivity index (χ0v) is 15.7. The first-order chi connectivity index (χ1) is 12.8. The Morgan fingerprint density at radius 3 is 2.62 bits per heavy atom. The maximum Gasteiger partial charge on any atom is 0.209 e. The van der Waals surface area contributed by atoms with Crippen molar-refractivity contribution >= 4 is 11.8 Å². The van der Waals surface area contributed by atoms with E-state index in [0.29, 0.717) is 24.5 Å². The predicted octanol–water partition coefficient (Wildman–Crippen LogP) is 4.85. The summed E-state index contributed by atoms with van der Waals surface area (Å²) in [6.07, 6.45) is 7.16. The lowest BCUT2D eigenvalue weighted by atomic mass is 9.88. The van der Waals surface area contributed by atoms with Crippen LogP contribution in [0.2, 0.25) is 0 Å². The van der Waals surface area contributed by atoms with Crippen molar-refractivity contribution in [2.24, 2.45) is 5.92 Å². The van der Waals surface area contributed by atoms with E-state index in [4.69, 9.17) is 15.3 Å². The van der Waals surface area contributed by atoms with Gasteiger partial charge in [0.25, 0.3) is 0 Å². The number of hydrogen-bond acceptors (Lipinski definition) is 5. The Balaban J connectivity index is 1.80. The first-order valence-electron chi connectivity index (χ1n) is 9.23. The minimum Gasteiger partial charge on any atom is -0.216 e. The van der Waals surface area contributed by atoms with Crippen LogP contribution in [-0.2, 0) is 0 Å². The lowest BCUT2D eigenvalue weighted by molar-refractivity contribution is 0.422. The third-order valence-corrected chi connectivity index (χ3v) is 5.78. The largest absolute Gasteiger partial charge is 0.216 e. The molecule has 0 N–H and O–H groups in total. The van der Waals surface area contributed by atoms with Crippen molar-refractivity contribution in [3.63, 3.8) is 0 Å². The van der Waals surface area contributed by atoms with E-state index < -0.39 is 0 Å². The number of aromatic nitrogens is 3. The number of nitrogens with zero attached hydrogens (tertiary/aromatic N) is 5. The van der Waals surface area contributed by atoms with Crippen LogP contribution in [0.15, 0.2) is 35.5 Å². The van der Waals surface area contributed by atoms with Crippen LogP contribution < -0.4 is 0 Å². The summed E-state index contributed by atoms with van der Waals surface area (Å²) in [7, 11) is 0. The molecule has 1 saturated carbocycles. The molecule has 1 aromatic heterocycles. The fourth-order valence-corrected chi connectivity index (χ4v) is 4.24. The fraction of sp³-hybridized carbons (Fsp3) is 0.500. The van der Waals surface area contributed by atoms with Crippen LogP contribution in [0.3, 0.4) is 0 Å². The molecular weight excluding hydrogens is 342 g/mol. The van der Waals surface area contributed by atoms with Crippen LogP contribution in [0.25, 0.3) is 5.69 Å². The Bertz CT molecular complexity index is 781. The summed E-state index contributed by atoms with van der Waals surface area (Å²) in [5.41, 5.74) is 1.04. The normalized spacial score (nSPS) is 15.9. The van der Waals surface area contributed by atoms with Gasteiger partial charge < -0.3 is 0 Å². The summed E-state index contributed by atoms with van der Waals surface area (Å²) in [6.45, 7) is 0. The van der Waals surface area contributed by atoms with Gasteiger partial charge in [0, 0.05) is 18.1 Å². The molecular formula is C20H23N5S. The molecule has 0 amide bonds. The highest BCUT2D eigenvalue weighted by Crippen LogP contribution is 2.34. The van der Waals surface area contributed by atoms with E-state index in [0.717, 1.165) is 16.7 Å². The summed E-state index contributed by atoms with van der Waals surface area (Å²) < 4.78 is 1.98. The van der Waals surface area contributed by atoms with E-state index in [1.54, 1.807) is 0 Å². The van der Waals surface area contributed by atoms with Gasteiger partial charge in [0.05, 0.1) is 23.7 Å². The number of nitriles is 2. The van der Waals surface area contributed by atoms with E-state index in [2.05, 4.69) is 24.3 Å². The Hall–Kier alpha value is -2.31. The molecule has 0 spiro atoms. The number of rotatable bonds is 7. The van der Waals surface area contributed by atoms with Crippen LogP contribution in [0.4, 0.5) is 0 Å². The Morgan fingerprint density at radius 1 is 1.15 bits per heavy atom. The molecule has 26 heavy (non-hydrogen) atoms. The maximum atomic E-state index is 9.25. The molecule has 1 aliphatic carbocycles. The fourth-order valence-electron chi connectivity index (χ4n) is 3.35. The Morgan fingerprint density at radius 2 is 1.92 bits per heavy atom. The molecule has 0 radical (unpaired) electrons. The molecule has 5 nitrogen and oxygen atoms in total. The highest BCUT2D eigenvalue weighted by atomic mass is 32.2. The van der Waals surface area contributed by atoms with Gasteiger partial charge in [-0.3, -0.25) is 0 Å². The molecule has 1 fully saturated rings. The highest BCUT2D eigenvalue weighted by Gasteiger charge is 2.23. The molecule has 3 rings (SSSR count). The van der Waals surface area contributed by atoms with Gasteiger partial charge in [-0.05, 0) is 31.4 Å². The average Bonchev–Trinajstić information content (AvgIpc) is 3.14. The molecule has 0 bridgehead atoms. The van der Waals surface area contributed by atoms with Crippen LogP contribution >= 0.6 is 11.8 Å². The van der Waals surface area contributed by atoms with Gasteiger partial charge >= 0.3 is 0 Å². The van der Waals surface area contributed by atoms with Gasteiger partial charge in [-0.2, -0.15) is 10.5 Å². The summed E-state index contributed by atoms with van der Waals surface area (Å²) in [6, 6.07) is 14.5. The Labute approximate surface area is 159 Å². The van der Waals surface area contributed by atoms with E-state index in [9.17, 15) is 5.26 Å². The minimum absolute atomic E-state index is 0.138. The summed E-state index contributed by atoms with van der Waals surface area (Å²) in [4.78, 5) is 4.84. The van der Waals surface area contributed by atoms with Gasteiger partial charge in [-0.1, -0.05) is 49.2 Å². The van der Waals surface area contributed by atoms with Gasteiger partial charge in [0.2, 0.25) is 5.16 Å². The summed E-state index contributed by atoms with van der Waals surface area (Å²) in [5, 5.41) is 23.4. The maximum absolute atomic E-state index is 9.25. The standard InChI is InChI=1S/C20H23N5S/c21-13-7-8-16(14-22)15-26-20-23-19(17-9-3-1-4-10-17)25(24-20)18-11-5-2-6-12-18/h2,5-6,11-12,16-17H,1,3-4,7-10,15H2/t16-/m1/s1. The van der Waals surface area contributed by atoms with Crippen molar-refractivity contribution < 1.29 is 0 Å². The van der Waals surface area contributed by atoms with Crippen LogP contribution in [0.1, 0.15) is 56.7 Å². The smallest absolute Gasteiger partial charge is 0.209 e. The summed E-state index contributed by atoms with van der Waals surface area (Å²) >= 11 is 1.52. The van der Waals surface area contributed by atoms with E-state index in [1.807, 2.05) is 22.9 Å². The first-order valence-corrected chi connectivity index (χ1v) is 10.2. The topological polar surface area (TPSA) is 78.3 Å². The van der Waals surface area contributed by atoms with E-state index in [1.165, 1.54) is 43.9 Å². The lowest BCUT2D eigenvalue weighted by Crippen LogP contribution is -2.12. The minimum atomic E-state index is -0.138. The molecule has 134 valence electrons. The molecule has 1 heterocycles. The molecule has 0 unspecified atom stereocenters. The van der Waals surface area contributed by atoms with Crippen molar-refractivity contribution in [2.75, 3.05) is 5.75 Å². The van der Waals surface area contributed by atoms with Crippen molar-refractivity contribution in [1.82, 2.24) is 14.8 Å². The van der Waals surface area contributed by atoms with Crippen molar-refractivity contribution in [2.45, 2.75) is 56.0 Å². The second kappa shape index (κ2) is 9.40. The predicted molar refractivity (Wildman–Crippen MR) is 102 cm³/mol. The average molecular weight is 366 g/mol. The molecule has 2 aromatic rings. The highest BCUT2D eigenvalue weighted by molar-refractivity contribution is 7.99. The zero-order chi connectivity index (χ0) is 18.2. The van der Waals surface area contributed by atoms with Gasteiger partial charge in [-0.15, -0.1) is 5.10 Å². The number of hydrogen-bond donors (Lipinski definition) is 0. The first kappa shape index (κ1) is 18.5. The van der Waals surface area contributed by atoms with Gasteiger partial charge in [0.15, 0.2) is 0 Å². The zero-order valence-electron chi connectivity index (χ0n) is 14.8. The SMILES string of the molecule is N#CCC[C@H](C#N)CSc1nc(C2CCCCC2)n(-c2ccccc2)n1. The number of benzene rings is 1. The Kier molecular flexibility index (Phi) is 6.68. The van der Waals surface area contributed by atoms with E-state index >= 15 is 0 Å². The number of thioether (sulfide) groups is 1. The molecule has 0 aliphatic heterocycles.